The summed E-state index contributed by atoms with van der Waals surface area (Å²) in [4.78, 5) is 11.5. The Morgan fingerprint density at radius 2 is 2.37 bits per heavy atom. The predicted octanol–water partition coefficient (Wildman–Crippen LogP) is 1.48. The molecule has 0 radical (unpaired) electrons. The Morgan fingerprint density at radius 3 is 3.05 bits per heavy atom. The molecule has 0 saturated carbocycles. The van der Waals surface area contributed by atoms with Gasteiger partial charge in [-0.15, -0.1) is 5.10 Å². The highest BCUT2D eigenvalue weighted by Crippen LogP contribution is 2.19. The summed E-state index contributed by atoms with van der Waals surface area (Å²) in [6, 6.07) is 7.22. The molecule has 1 unspecified atom stereocenters. The lowest BCUT2D eigenvalue weighted by Gasteiger charge is -2.09. The van der Waals surface area contributed by atoms with Crippen LogP contribution < -0.4 is 5.76 Å². The molecule has 0 fully saturated rings. The first-order chi connectivity index (χ1) is 9.10. The molecule has 0 spiro atoms. The number of aliphatic hydroxyl groups excluding tert-OH is 1. The van der Waals surface area contributed by atoms with Gasteiger partial charge in [0.05, 0.1) is 12.6 Å². The van der Waals surface area contributed by atoms with Crippen molar-refractivity contribution in [1.82, 2.24) is 9.78 Å². The van der Waals surface area contributed by atoms with E-state index in [0.29, 0.717) is 5.56 Å². The predicted molar refractivity (Wildman–Crippen MR) is 70.6 cm³/mol. The zero-order chi connectivity index (χ0) is 13.8. The van der Waals surface area contributed by atoms with E-state index in [9.17, 15) is 9.90 Å². The maximum atomic E-state index is 11.5. The maximum Gasteiger partial charge on any atom is 0.437 e. The number of aromatic nitrogens is 2. The van der Waals surface area contributed by atoms with Crippen molar-refractivity contribution in [3.05, 3.63) is 50.7 Å². The lowest BCUT2D eigenvalue weighted by Crippen LogP contribution is -2.20. The van der Waals surface area contributed by atoms with Gasteiger partial charge in [-0.1, -0.05) is 28.1 Å². The van der Waals surface area contributed by atoms with Crippen LogP contribution in [0.25, 0.3) is 0 Å². The molecule has 0 saturated heterocycles. The fourth-order valence-electron chi connectivity index (χ4n) is 1.63. The van der Waals surface area contributed by atoms with Crippen molar-refractivity contribution in [1.29, 1.82) is 0 Å². The van der Waals surface area contributed by atoms with Crippen molar-refractivity contribution in [3.8, 4) is 0 Å². The third-order valence-electron chi connectivity index (χ3n) is 2.50. The molecular formula is C12H13BrN2O4. The standard InChI is InChI=1S/C12H13BrN2O4/c1-18-7-11-14-15(12(17)19-11)6-10(16)8-3-2-4-9(13)5-8/h2-5,10,16H,6-7H2,1H3. The second-order valence-corrected chi connectivity index (χ2v) is 4.86. The molecule has 1 N–H and O–H groups in total. The van der Waals surface area contributed by atoms with Gasteiger partial charge in [0.1, 0.15) is 6.61 Å². The number of halogens is 1. The van der Waals surface area contributed by atoms with Crippen LogP contribution in [0.15, 0.2) is 37.9 Å². The van der Waals surface area contributed by atoms with Crippen LogP contribution in [-0.2, 0) is 17.9 Å². The highest BCUT2D eigenvalue weighted by atomic mass is 79.9. The van der Waals surface area contributed by atoms with Gasteiger partial charge < -0.3 is 14.3 Å². The van der Waals surface area contributed by atoms with Gasteiger partial charge in [0.15, 0.2) is 0 Å². The Labute approximate surface area is 117 Å². The average molecular weight is 329 g/mol. The van der Waals surface area contributed by atoms with Crippen LogP contribution in [0.4, 0.5) is 0 Å². The summed E-state index contributed by atoms with van der Waals surface area (Å²) >= 11 is 3.32. The van der Waals surface area contributed by atoms with Gasteiger partial charge in [-0.25, -0.2) is 4.79 Å². The summed E-state index contributed by atoms with van der Waals surface area (Å²) in [5, 5.41) is 14.0. The van der Waals surface area contributed by atoms with Crippen molar-refractivity contribution in [2.24, 2.45) is 0 Å². The summed E-state index contributed by atoms with van der Waals surface area (Å²) in [5.74, 6) is -0.421. The van der Waals surface area contributed by atoms with Crippen LogP contribution in [0, 0.1) is 0 Å². The summed E-state index contributed by atoms with van der Waals surface area (Å²) in [7, 11) is 1.48. The van der Waals surface area contributed by atoms with Crippen molar-refractivity contribution >= 4 is 15.9 Å². The van der Waals surface area contributed by atoms with Gasteiger partial charge in [-0.05, 0) is 17.7 Å². The van der Waals surface area contributed by atoms with Crippen LogP contribution in [0.2, 0.25) is 0 Å². The van der Waals surface area contributed by atoms with Gasteiger partial charge in [-0.3, -0.25) is 0 Å². The fourth-order valence-corrected chi connectivity index (χ4v) is 2.05. The van der Waals surface area contributed by atoms with Crippen LogP contribution >= 0.6 is 15.9 Å². The Kier molecular flexibility index (Phi) is 4.52. The number of hydrogen-bond acceptors (Lipinski definition) is 5. The Balaban J connectivity index is 2.14. The molecule has 2 aromatic rings. The zero-order valence-electron chi connectivity index (χ0n) is 10.2. The van der Waals surface area contributed by atoms with Gasteiger partial charge in [0.2, 0.25) is 5.89 Å². The number of rotatable bonds is 5. The van der Waals surface area contributed by atoms with Crippen molar-refractivity contribution in [2.75, 3.05) is 7.11 Å². The van der Waals surface area contributed by atoms with E-state index < -0.39 is 11.9 Å². The van der Waals surface area contributed by atoms with Gasteiger partial charge >= 0.3 is 5.76 Å². The lowest BCUT2D eigenvalue weighted by molar-refractivity contribution is 0.148. The number of benzene rings is 1. The molecular weight excluding hydrogens is 316 g/mol. The first kappa shape index (κ1) is 14.0. The number of hydrogen-bond donors (Lipinski definition) is 1. The monoisotopic (exact) mass is 328 g/mol. The van der Waals surface area contributed by atoms with E-state index in [1.807, 2.05) is 12.1 Å². The molecule has 0 amide bonds. The number of nitrogens with zero attached hydrogens (tertiary/aromatic N) is 2. The molecule has 0 aliphatic heterocycles. The minimum absolute atomic E-state index is 0.0303. The molecule has 0 aliphatic rings. The van der Waals surface area contributed by atoms with Crippen molar-refractivity contribution in [3.63, 3.8) is 0 Å². The first-order valence-corrected chi connectivity index (χ1v) is 6.38. The Hall–Kier alpha value is -1.44. The first-order valence-electron chi connectivity index (χ1n) is 5.59. The molecule has 1 heterocycles. The van der Waals surface area contributed by atoms with E-state index in [1.165, 1.54) is 7.11 Å². The second-order valence-electron chi connectivity index (χ2n) is 3.95. The minimum atomic E-state index is -0.837. The molecule has 1 atom stereocenters. The van der Waals surface area contributed by atoms with Crippen LogP contribution in [0.5, 0.6) is 0 Å². The number of aliphatic hydroxyl groups is 1. The highest BCUT2D eigenvalue weighted by molar-refractivity contribution is 9.10. The normalized spacial score (nSPS) is 12.6. The molecule has 102 valence electrons. The van der Waals surface area contributed by atoms with Gasteiger partial charge in [0, 0.05) is 11.6 Å². The second kappa shape index (κ2) is 6.14. The van der Waals surface area contributed by atoms with Crippen LogP contribution in [0.3, 0.4) is 0 Å². The topological polar surface area (TPSA) is 77.5 Å². The summed E-state index contributed by atoms with van der Waals surface area (Å²) in [6.45, 7) is 0.151. The Morgan fingerprint density at radius 1 is 1.58 bits per heavy atom. The quantitative estimate of drug-likeness (QED) is 0.899. The van der Waals surface area contributed by atoms with Gasteiger partial charge in [-0.2, -0.15) is 4.68 Å². The minimum Gasteiger partial charge on any atom is -0.390 e. The molecule has 1 aromatic carbocycles. The van der Waals surface area contributed by atoms with E-state index >= 15 is 0 Å². The van der Waals surface area contributed by atoms with E-state index in [1.54, 1.807) is 12.1 Å². The van der Waals surface area contributed by atoms with Gasteiger partial charge in [0.25, 0.3) is 0 Å². The van der Waals surface area contributed by atoms with Crippen molar-refractivity contribution < 1.29 is 14.3 Å². The third kappa shape index (κ3) is 3.52. The lowest BCUT2D eigenvalue weighted by atomic mass is 10.1. The summed E-state index contributed by atoms with van der Waals surface area (Å²) in [6.07, 6.45) is -0.837. The maximum absolute atomic E-state index is 11.5. The largest absolute Gasteiger partial charge is 0.437 e. The molecule has 1 aromatic heterocycles. The molecule has 0 bridgehead atoms. The molecule has 7 heteroatoms. The summed E-state index contributed by atoms with van der Waals surface area (Å²) < 4.78 is 11.6. The number of methoxy groups -OCH3 is 1. The zero-order valence-corrected chi connectivity index (χ0v) is 11.8. The highest BCUT2D eigenvalue weighted by Gasteiger charge is 2.14. The van der Waals surface area contributed by atoms with E-state index in [4.69, 9.17) is 9.15 Å². The third-order valence-corrected chi connectivity index (χ3v) is 2.99. The van der Waals surface area contributed by atoms with Crippen LogP contribution in [-0.4, -0.2) is 22.0 Å². The smallest absolute Gasteiger partial charge is 0.390 e. The Bertz CT molecular complexity index is 608. The van der Waals surface area contributed by atoms with E-state index in [0.717, 1.165) is 9.15 Å². The van der Waals surface area contributed by atoms with E-state index in [-0.39, 0.29) is 19.0 Å². The fraction of sp³-hybridized carbons (Fsp3) is 0.333. The molecule has 2 rings (SSSR count). The number of ether oxygens (including phenoxy) is 1. The van der Waals surface area contributed by atoms with Crippen LogP contribution in [0.1, 0.15) is 17.6 Å². The van der Waals surface area contributed by atoms with E-state index in [2.05, 4.69) is 21.0 Å². The average Bonchev–Trinajstić information content (AvgIpc) is 2.70. The molecule has 0 aliphatic carbocycles. The molecule has 19 heavy (non-hydrogen) atoms. The SMILES string of the molecule is COCc1nn(CC(O)c2cccc(Br)c2)c(=O)o1. The molecule has 6 nitrogen and oxygen atoms in total. The van der Waals surface area contributed by atoms with Crippen molar-refractivity contribution in [2.45, 2.75) is 19.3 Å². The summed E-state index contributed by atoms with van der Waals surface area (Å²) in [5.41, 5.74) is 0.692.